The topological polar surface area (TPSA) is 492 Å². The second kappa shape index (κ2) is 44.3. The molecule has 42 heteroatoms. The second-order valence-electron chi connectivity index (χ2n) is 40.9. The van der Waals surface area contributed by atoms with E-state index in [1.807, 2.05) is 73.6 Å². The Labute approximate surface area is 893 Å². The van der Waals surface area contributed by atoms with Gasteiger partial charge in [0.15, 0.2) is 0 Å². The maximum Gasteiger partial charge on any atom is 0.292 e. The van der Waals surface area contributed by atoms with Crippen LogP contribution in [0.5, 0.6) is 0 Å². The van der Waals surface area contributed by atoms with Crippen LogP contribution in [0.15, 0.2) is 242 Å². The zero-order valence-electron chi connectivity index (χ0n) is 83.7. The van der Waals surface area contributed by atoms with Gasteiger partial charge in [0.1, 0.15) is 83.4 Å². The number of nitrogens with one attached hydrogen (secondary N) is 3. The van der Waals surface area contributed by atoms with Gasteiger partial charge in [-0.15, -0.1) is 16.8 Å². The van der Waals surface area contributed by atoms with Gasteiger partial charge in [0, 0.05) is 152 Å². The fourth-order valence-corrected chi connectivity index (χ4v) is 21.5. The van der Waals surface area contributed by atoms with Crippen LogP contribution in [0.2, 0.25) is 0 Å². The molecular formula is C108H120Br3ClF7N19O12. The number of rotatable bonds is 11. The number of carbonyl (C=O) groups excluding carboxylic acids is 2. The van der Waals surface area contributed by atoms with E-state index in [0.717, 1.165) is 64.1 Å². The van der Waals surface area contributed by atoms with Crippen molar-refractivity contribution in [1.29, 1.82) is 0 Å². The third-order valence-corrected chi connectivity index (χ3v) is 31.4. The van der Waals surface area contributed by atoms with Crippen molar-refractivity contribution in [1.82, 2.24) is 16.1 Å². The number of hydrogen-bond donors (Lipinski definition) is 13. The molecule has 0 radical (unpaired) electrons. The molecule has 31 nitrogen and oxygen atoms in total. The number of hydrogen-bond acceptors (Lipinski definition) is 29. The first-order chi connectivity index (χ1) is 71.1. The highest BCUT2D eigenvalue weighted by molar-refractivity contribution is 9.11. The minimum absolute atomic E-state index is 0.0405. The van der Waals surface area contributed by atoms with Crippen LogP contribution in [0.3, 0.4) is 0 Å². The van der Waals surface area contributed by atoms with Crippen LogP contribution in [0.1, 0.15) is 187 Å². The minimum atomic E-state index is -0.818. The Kier molecular flexibility index (Phi) is 32.5. The first-order valence-corrected chi connectivity index (χ1v) is 51.9. The second-order valence-corrected chi connectivity index (χ2v) is 43.9. The number of anilines is 4. The first kappa shape index (κ1) is 110. The number of benzene rings is 9. The highest BCUT2D eigenvalue weighted by atomic mass is 79.9. The number of aliphatic hydroxyl groups excluding tert-OH is 1. The van der Waals surface area contributed by atoms with Gasteiger partial charge in [0.05, 0.1) is 62.7 Å². The molecule has 2 amide bonds. The number of nitrogens with two attached hydrogens (primary N) is 8. The normalized spacial score (nSPS) is 31.1. The van der Waals surface area contributed by atoms with Crippen LogP contribution in [0.25, 0.3) is 0 Å². The van der Waals surface area contributed by atoms with Crippen molar-refractivity contribution in [2.75, 3.05) is 28.8 Å². The van der Waals surface area contributed by atoms with E-state index in [0.29, 0.717) is 103 Å². The van der Waals surface area contributed by atoms with E-state index in [-0.39, 0.29) is 166 Å². The standard InChI is InChI=1S/C19H16BrFN2O2.C19H18FN3O2.3C12H14FN3O.C11H11BrFNO.C11H13BrFNO.C5H8ClNO.C5H7NO.C2H5NO/c1-19(13-9-12(20)7-8-15(13)21)14-10-16(14)25-18(23-19)22-17(24)11-5-3-2-4-6-11;1-19(13-9-12(21)7-8-15(13)20)14-10-16(14)25-18(23-19)22-17(24)11-5-3-2-4-6-11;3*1-12(7-4-6(14)2-3-9(7)13)8-5-10(8)17-11(15)16-12;1-11(8-5-10(8)15-14-11)7-4-6(12)2-3-9(7)13;1-11(14,8-5-10(8)15)7-4-6(12)2-3-9(7)13;1-4-2-5(3-6)8-7-4;1-3-4-2-5(4)7-6-3;1-2-3-4/h2-9,14,16H,10H2,1H3,(H,22,23,24);2-9,14,16H,10,21H2,1H3,(H,22,23,24);3*2-4,8,10H,5,14H2,1H3,(H2,15,16);2-4,8,10,14H,5H2,1H3;2-4,8,10,15H,5,14H2,1H3;5H,2-3H2,1H3;4-5H,2H2,1H3;2,4H,1H3/b;;;;;;;;;3-2+/t2*14-,16+,19+;3*8-,10+,12+;2*8-,10?,11+;;;/m1111011.../s1. The van der Waals surface area contributed by atoms with Crippen molar-refractivity contribution >= 4 is 142 Å². The predicted octanol–water partition coefficient (Wildman–Crippen LogP) is 18.4. The molecule has 24 atom stereocenters. The number of nitrogen functional groups attached to an aromatic ring is 4. The Balaban J connectivity index is 0.000000122. The van der Waals surface area contributed by atoms with Crippen LogP contribution in [0, 0.1) is 88.1 Å². The highest BCUT2D eigenvalue weighted by Gasteiger charge is 2.64. The van der Waals surface area contributed by atoms with E-state index in [1.54, 1.807) is 135 Å². The van der Waals surface area contributed by atoms with Crippen LogP contribution < -0.4 is 62.0 Å². The molecule has 8 saturated carbocycles. The summed E-state index contributed by atoms with van der Waals surface area (Å²) < 4.78 is 128. The fraction of sp³-hybridized carbons (Fsp3) is 0.407. The number of aliphatic hydroxyl groups is 1. The summed E-state index contributed by atoms with van der Waals surface area (Å²) in [7, 11) is 0. The Morgan fingerprint density at radius 3 is 1.09 bits per heavy atom. The van der Waals surface area contributed by atoms with Crippen LogP contribution in [-0.2, 0) is 77.0 Å². The zero-order chi connectivity index (χ0) is 108. The molecule has 796 valence electrons. The summed E-state index contributed by atoms with van der Waals surface area (Å²) in [4.78, 5) is 61.8. The Morgan fingerprint density at radius 1 is 0.453 bits per heavy atom. The number of nitrogens with zero attached hydrogens (tertiary/aromatic N) is 8. The molecule has 21 N–H and O–H groups in total. The summed E-state index contributed by atoms with van der Waals surface area (Å²) >= 11 is 15.5. The summed E-state index contributed by atoms with van der Waals surface area (Å²) in [5, 5.41) is 32.3. The largest absolute Gasteiger partial charge is 0.462 e. The molecule has 9 aromatic carbocycles. The number of carbonyl (C=O) groups is 2. The molecule has 8 aliphatic carbocycles. The lowest BCUT2D eigenvalue weighted by Gasteiger charge is -2.31. The van der Waals surface area contributed by atoms with E-state index in [1.165, 1.54) is 66.9 Å². The van der Waals surface area contributed by atoms with Crippen molar-refractivity contribution < 1.29 is 88.8 Å². The number of fused-ring (bicyclic) bond motifs is 7. The number of ether oxygens (including phenoxy) is 5. The van der Waals surface area contributed by atoms with Gasteiger partial charge in [-0.1, -0.05) is 94.5 Å². The molecule has 5 unspecified atom stereocenters. The number of halogens is 11. The Hall–Kier alpha value is -12.6. The number of hydroxylamine groups is 1. The molecule has 8 aliphatic heterocycles. The van der Waals surface area contributed by atoms with Crippen molar-refractivity contribution in [3.63, 3.8) is 0 Å². The smallest absolute Gasteiger partial charge is 0.292 e. The first-order valence-electron chi connectivity index (χ1n) is 49.0. The Morgan fingerprint density at radius 2 is 0.787 bits per heavy atom. The van der Waals surface area contributed by atoms with Gasteiger partial charge >= 0.3 is 0 Å². The summed E-state index contributed by atoms with van der Waals surface area (Å²) in [5.41, 5.74) is 53.0. The fourth-order valence-electron chi connectivity index (χ4n) is 20.3. The number of alkyl halides is 1. The summed E-state index contributed by atoms with van der Waals surface area (Å²) in [5.74, 6) is -0.322. The van der Waals surface area contributed by atoms with Crippen molar-refractivity contribution in [2.45, 2.75) is 221 Å². The molecule has 16 aliphatic rings. The summed E-state index contributed by atoms with van der Waals surface area (Å²) in [6.07, 6.45) is 9.79. The number of amidine groups is 5. The molecule has 1 saturated heterocycles. The molecule has 9 fully saturated rings. The number of oxime groups is 3. The average Bonchev–Trinajstić information content (AvgIpc) is 1.57. The predicted molar refractivity (Wildman–Crippen MR) is 569 cm³/mol. The quantitative estimate of drug-likeness (QED) is 0.0143. The molecule has 9 aromatic rings. The third kappa shape index (κ3) is 24.7. The van der Waals surface area contributed by atoms with Crippen LogP contribution >= 0.6 is 59.4 Å². The average molecular weight is 2280 g/mol. The highest BCUT2D eigenvalue weighted by Crippen LogP contribution is 2.60. The lowest BCUT2D eigenvalue weighted by Crippen LogP contribution is -2.41. The van der Waals surface area contributed by atoms with Gasteiger partial charge in [-0.3, -0.25) is 25.1 Å². The molecule has 25 rings (SSSR count). The molecule has 0 aromatic heterocycles. The molecule has 0 spiro atoms. The van der Waals surface area contributed by atoms with Crippen molar-refractivity contribution in [3.05, 3.63) is 292 Å². The van der Waals surface area contributed by atoms with E-state index in [2.05, 4.69) is 104 Å². The monoisotopic (exact) mass is 2280 g/mol. The van der Waals surface area contributed by atoms with Gasteiger partial charge in [-0.25, -0.2) is 55.7 Å². The molecule has 150 heavy (non-hydrogen) atoms. The number of aliphatic imine (C=N–C) groups is 5. The summed E-state index contributed by atoms with van der Waals surface area (Å²) in [6.45, 7) is 18.7. The molecular weight excluding hydrogens is 2160 g/mol. The molecule has 0 bridgehead atoms. The van der Waals surface area contributed by atoms with E-state index in [9.17, 15) is 45.4 Å². The van der Waals surface area contributed by atoms with Crippen molar-refractivity contribution in [3.8, 4) is 0 Å². The van der Waals surface area contributed by atoms with Gasteiger partial charge in [0.2, 0.25) is 0 Å². The zero-order valence-corrected chi connectivity index (χ0v) is 89.2. The summed E-state index contributed by atoms with van der Waals surface area (Å²) in [6, 6.07) is 51.0. The maximum absolute atomic E-state index is 14.4. The number of amides is 2. The van der Waals surface area contributed by atoms with E-state index >= 15 is 0 Å². The van der Waals surface area contributed by atoms with E-state index in [4.69, 9.17) is 101 Å². The van der Waals surface area contributed by atoms with Gasteiger partial charge < -0.3 is 89.5 Å². The van der Waals surface area contributed by atoms with Crippen LogP contribution in [0.4, 0.5) is 53.5 Å². The lowest BCUT2D eigenvalue weighted by atomic mass is 9.86. The third-order valence-electron chi connectivity index (χ3n) is 29.6. The lowest BCUT2D eigenvalue weighted by molar-refractivity contribution is 0.0212. The van der Waals surface area contributed by atoms with Crippen molar-refractivity contribution in [2.24, 2.45) is 111 Å². The molecule has 8 heterocycles. The van der Waals surface area contributed by atoms with Gasteiger partial charge in [-0.05, 0) is 272 Å². The van der Waals surface area contributed by atoms with Crippen LogP contribution in [-0.4, -0.2) is 131 Å². The maximum atomic E-state index is 14.4. The van der Waals surface area contributed by atoms with E-state index < -0.39 is 39.3 Å². The Bertz CT molecular complexity index is 6460. The SMILES string of the molecule is C/C=N/O.CC1=NOC(CCl)C1.CC1=NOC2CC12.C[C@@]1(c2cc(Br)ccc2F)N=C(NC(=O)c2ccccc2)O[C@H]2C[C@H]21.C[C@@]1(c2cc(Br)ccc2F)NOC2C[C@H]21.C[C@@]1(c2cc(N)ccc2F)N=C(N)O[C@H]2C[C@H]21.C[C@@]1(c2cc(N)ccc2F)N=C(N)O[C@H]2C[C@H]21.C[C@@]1(c2cc(N)ccc2F)N=C(NC(=O)c2ccccc2)O[C@H]2C[C@H]21.C[C@](N)(c1cc(Br)ccc1F)[C@@H]1CC1O.C[C@]1(c2cc(N)ccc2F)N=C(N)O[C@@H]2C[C@@H]21. The van der Waals surface area contributed by atoms with Gasteiger partial charge in [0.25, 0.3) is 41.9 Å². The minimum Gasteiger partial charge on any atom is -0.462 e. The van der Waals surface area contributed by atoms with Gasteiger partial charge in [-0.2, -0.15) is 5.48 Å².